The Hall–Kier alpha value is -1.91. The molecule has 1 aliphatic heterocycles. The van der Waals surface area contributed by atoms with Crippen LogP contribution in [0.4, 0.5) is 5.69 Å². The maximum Gasteiger partial charge on any atom is 0.222 e. The Morgan fingerprint density at radius 2 is 1.86 bits per heavy atom. The van der Waals surface area contributed by atoms with Crippen molar-refractivity contribution in [3.63, 3.8) is 0 Å². The Bertz CT molecular complexity index is 523. The molecule has 0 spiro atoms. The molecule has 1 heterocycles. The highest BCUT2D eigenvalue weighted by molar-refractivity contribution is 5.76. The van der Waals surface area contributed by atoms with Gasteiger partial charge in [0.1, 0.15) is 11.5 Å². The topological polar surface area (TPSA) is 64.8 Å². The second-order valence-electron chi connectivity index (χ2n) is 5.97. The fourth-order valence-electron chi connectivity index (χ4n) is 2.84. The summed E-state index contributed by atoms with van der Waals surface area (Å²) in [5.74, 6) is 2.25. The van der Waals surface area contributed by atoms with Crippen LogP contribution >= 0.6 is 0 Å². The highest BCUT2D eigenvalue weighted by Gasteiger charge is 2.20. The maximum atomic E-state index is 12.3. The molecular formula is C17H26N2O3. The van der Waals surface area contributed by atoms with Crippen LogP contribution in [0.15, 0.2) is 12.1 Å². The standard InChI is InChI=1S/C17H26N2O3/c1-12-6-8-19(9-7-12)17(20)5-4-13-10-14(18)16(22-3)11-15(13)21-2/h10-12H,4-9,18H2,1-3H3. The molecule has 22 heavy (non-hydrogen) atoms. The lowest BCUT2D eigenvalue weighted by Crippen LogP contribution is -2.38. The average molecular weight is 306 g/mol. The number of hydrogen-bond acceptors (Lipinski definition) is 4. The zero-order valence-electron chi connectivity index (χ0n) is 13.7. The highest BCUT2D eigenvalue weighted by atomic mass is 16.5. The molecule has 0 aliphatic carbocycles. The summed E-state index contributed by atoms with van der Waals surface area (Å²) in [6, 6.07) is 3.61. The fourth-order valence-corrected chi connectivity index (χ4v) is 2.84. The van der Waals surface area contributed by atoms with E-state index in [9.17, 15) is 4.79 Å². The predicted octanol–water partition coefficient (Wildman–Crippen LogP) is 2.48. The molecule has 0 atom stereocenters. The van der Waals surface area contributed by atoms with Gasteiger partial charge in [0.05, 0.1) is 19.9 Å². The molecule has 122 valence electrons. The third-order valence-corrected chi connectivity index (χ3v) is 4.38. The number of benzene rings is 1. The quantitative estimate of drug-likeness (QED) is 0.849. The number of nitrogen functional groups attached to an aromatic ring is 1. The molecule has 2 N–H and O–H groups in total. The first-order valence-corrected chi connectivity index (χ1v) is 7.83. The number of nitrogens with two attached hydrogens (primary N) is 1. The van der Waals surface area contributed by atoms with Crippen LogP contribution < -0.4 is 15.2 Å². The maximum absolute atomic E-state index is 12.3. The van der Waals surface area contributed by atoms with Crippen molar-refractivity contribution in [1.29, 1.82) is 0 Å². The molecule has 1 aromatic carbocycles. The van der Waals surface area contributed by atoms with Crippen LogP contribution in [0, 0.1) is 5.92 Å². The van der Waals surface area contributed by atoms with Gasteiger partial charge < -0.3 is 20.1 Å². The molecule has 0 bridgehead atoms. The summed E-state index contributed by atoms with van der Waals surface area (Å²) in [7, 11) is 3.19. The molecule has 1 aliphatic rings. The van der Waals surface area contributed by atoms with Gasteiger partial charge in [0.25, 0.3) is 0 Å². The van der Waals surface area contributed by atoms with E-state index in [0.717, 1.165) is 37.4 Å². The average Bonchev–Trinajstić information content (AvgIpc) is 2.53. The van der Waals surface area contributed by atoms with E-state index < -0.39 is 0 Å². The van der Waals surface area contributed by atoms with Gasteiger partial charge in [-0.15, -0.1) is 0 Å². The van der Waals surface area contributed by atoms with Gasteiger partial charge >= 0.3 is 0 Å². The largest absolute Gasteiger partial charge is 0.496 e. The minimum absolute atomic E-state index is 0.211. The lowest BCUT2D eigenvalue weighted by atomic mass is 9.98. The predicted molar refractivity (Wildman–Crippen MR) is 87.3 cm³/mol. The second kappa shape index (κ2) is 7.38. The van der Waals surface area contributed by atoms with Gasteiger partial charge in [-0.2, -0.15) is 0 Å². The fraction of sp³-hybridized carbons (Fsp3) is 0.588. The lowest BCUT2D eigenvalue weighted by Gasteiger charge is -2.30. The highest BCUT2D eigenvalue weighted by Crippen LogP contribution is 2.31. The number of piperidine rings is 1. The molecule has 0 unspecified atom stereocenters. The molecule has 1 fully saturated rings. The van der Waals surface area contributed by atoms with Gasteiger partial charge in [-0.05, 0) is 36.8 Å². The van der Waals surface area contributed by atoms with Gasteiger partial charge in [-0.3, -0.25) is 4.79 Å². The summed E-state index contributed by atoms with van der Waals surface area (Å²) in [5, 5.41) is 0. The van der Waals surface area contributed by atoms with Gasteiger partial charge in [0.2, 0.25) is 5.91 Å². The van der Waals surface area contributed by atoms with E-state index in [1.54, 1.807) is 20.3 Å². The number of hydrogen-bond donors (Lipinski definition) is 1. The smallest absolute Gasteiger partial charge is 0.222 e. The molecule has 2 rings (SSSR count). The number of carbonyl (C=O) groups excluding carboxylic acids is 1. The zero-order valence-corrected chi connectivity index (χ0v) is 13.7. The Morgan fingerprint density at radius 1 is 1.23 bits per heavy atom. The Kier molecular flexibility index (Phi) is 5.52. The van der Waals surface area contributed by atoms with Crippen molar-refractivity contribution in [2.45, 2.75) is 32.6 Å². The van der Waals surface area contributed by atoms with Crippen molar-refractivity contribution < 1.29 is 14.3 Å². The third kappa shape index (κ3) is 3.84. The Balaban J connectivity index is 1.99. The first kappa shape index (κ1) is 16.5. The van der Waals surface area contributed by atoms with Crippen molar-refractivity contribution in [3.8, 4) is 11.5 Å². The number of aryl methyl sites for hydroxylation is 1. The first-order valence-electron chi connectivity index (χ1n) is 7.83. The van der Waals surface area contributed by atoms with E-state index in [-0.39, 0.29) is 5.91 Å². The summed E-state index contributed by atoms with van der Waals surface area (Å²) >= 11 is 0. The molecule has 5 heteroatoms. The number of ether oxygens (including phenoxy) is 2. The van der Waals surface area contributed by atoms with E-state index in [4.69, 9.17) is 15.2 Å². The summed E-state index contributed by atoms with van der Waals surface area (Å²) in [5.41, 5.74) is 7.46. The molecule has 1 saturated heterocycles. The molecule has 0 saturated carbocycles. The van der Waals surface area contributed by atoms with E-state index in [2.05, 4.69) is 6.92 Å². The van der Waals surface area contributed by atoms with Crippen molar-refractivity contribution in [2.75, 3.05) is 33.0 Å². The Morgan fingerprint density at radius 3 is 2.45 bits per heavy atom. The van der Waals surface area contributed by atoms with Gasteiger partial charge in [-0.1, -0.05) is 6.92 Å². The molecule has 0 radical (unpaired) electrons. The molecule has 5 nitrogen and oxygen atoms in total. The van der Waals surface area contributed by atoms with E-state index in [0.29, 0.717) is 30.0 Å². The van der Waals surface area contributed by atoms with Gasteiger partial charge in [-0.25, -0.2) is 0 Å². The number of methoxy groups -OCH3 is 2. The van der Waals surface area contributed by atoms with Gasteiger partial charge in [0.15, 0.2) is 0 Å². The monoisotopic (exact) mass is 306 g/mol. The van der Waals surface area contributed by atoms with Crippen molar-refractivity contribution in [3.05, 3.63) is 17.7 Å². The SMILES string of the molecule is COc1cc(OC)c(CCC(=O)N2CCC(C)CC2)cc1N. The van der Waals surface area contributed by atoms with E-state index >= 15 is 0 Å². The number of amides is 1. The van der Waals surface area contributed by atoms with Crippen molar-refractivity contribution in [1.82, 2.24) is 4.90 Å². The number of rotatable bonds is 5. The third-order valence-electron chi connectivity index (χ3n) is 4.38. The lowest BCUT2D eigenvalue weighted by molar-refractivity contribution is -0.132. The van der Waals surface area contributed by atoms with Crippen molar-refractivity contribution in [2.24, 2.45) is 5.92 Å². The van der Waals surface area contributed by atoms with Crippen LogP contribution in [-0.2, 0) is 11.2 Å². The van der Waals surface area contributed by atoms with Crippen LogP contribution in [0.5, 0.6) is 11.5 Å². The summed E-state index contributed by atoms with van der Waals surface area (Å²) in [6.07, 6.45) is 3.31. The van der Waals surface area contributed by atoms with Crippen LogP contribution in [0.25, 0.3) is 0 Å². The number of likely N-dealkylation sites (tertiary alicyclic amines) is 1. The van der Waals surface area contributed by atoms with Crippen molar-refractivity contribution >= 4 is 11.6 Å². The van der Waals surface area contributed by atoms with Crippen LogP contribution in [0.3, 0.4) is 0 Å². The summed E-state index contributed by atoms with van der Waals surface area (Å²) < 4.78 is 10.6. The molecule has 1 amide bonds. The summed E-state index contributed by atoms with van der Waals surface area (Å²) in [4.78, 5) is 14.3. The molecule has 1 aromatic rings. The minimum atomic E-state index is 0.211. The van der Waals surface area contributed by atoms with E-state index in [1.165, 1.54) is 0 Å². The second-order valence-corrected chi connectivity index (χ2v) is 5.97. The van der Waals surface area contributed by atoms with Crippen LogP contribution in [0.2, 0.25) is 0 Å². The van der Waals surface area contributed by atoms with Gasteiger partial charge in [0, 0.05) is 25.6 Å². The van der Waals surface area contributed by atoms with Crippen LogP contribution in [0.1, 0.15) is 31.7 Å². The van der Waals surface area contributed by atoms with Crippen LogP contribution in [-0.4, -0.2) is 38.1 Å². The molecular weight excluding hydrogens is 280 g/mol. The van der Waals surface area contributed by atoms with E-state index in [1.807, 2.05) is 11.0 Å². The molecule has 0 aromatic heterocycles. The normalized spacial score (nSPS) is 15.7. The minimum Gasteiger partial charge on any atom is -0.496 e. The first-order chi connectivity index (χ1) is 10.5. The number of carbonyl (C=O) groups is 1. The number of nitrogens with zero attached hydrogens (tertiary/aromatic N) is 1. The number of anilines is 1. The summed E-state index contributed by atoms with van der Waals surface area (Å²) in [6.45, 7) is 4.00. The Labute approximate surface area is 132 Å². The zero-order chi connectivity index (χ0) is 16.1.